The number of carbonyl (C=O) groups is 1. The molecular weight excluding hydrogens is 318 g/mol. The van der Waals surface area contributed by atoms with Gasteiger partial charge in [-0.15, -0.1) is 0 Å². The van der Waals surface area contributed by atoms with Crippen LogP contribution in [-0.4, -0.2) is 18.6 Å². The number of carbonyl (C=O) groups excluding carboxylic acids is 1. The van der Waals surface area contributed by atoms with Crippen LogP contribution in [0.1, 0.15) is 33.6 Å². The average molecular weight is 340 g/mol. The molecule has 1 saturated carbocycles. The van der Waals surface area contributed by atoms with E-state index in [0.717, 1.165) is 23.0 Å². The number of rotatable bonds is 3. The third-order valence-corrected chi connectivity index (χ3v) is 4.75. The first-order valence-electron chi connectivity index (χ1n) is 6.91. The molecule has 0 bridgehead atoms. The minimum absolute atomic E-state index is 0.135. The minimum Gasteiger partial charge on any atom is -0.467 e. The number of benzene rings is 1. The molecule has 0 saturated heterocycles. The van der Waals surface area contributed by atoms with Crippen molar-refractivity contribution < 1.29 is 9.53 Å². The van der Waals surface area contributed by atoms with Crippen LogP contribution in [0, 0.1) is 11.3 Å². The Morgan fingerprint density at radius 2 is 1.95 bits per heavy atom. The Kier molecular flexibility index (Phi) is 4.14. The molecule has 2 unspecified atom stereocenters. The van der Waals surface area contributed by atoms with Crippen molar-refractivity contribution in [1.82, 2.24) is 0 Å². The predicted molar refractivity (Wildman–Crippen MR) is 84.7 cm³/mol. The molecule has 2 atom stereocenters. The molecule has 0 amide bonds. The van der Waals surface area contributed by atoms with Crippen LogP contribution in [0.3, 0.4) is 0 Å². The molecule has 1 fully saturated rings. The second-order valence-corrected chi connectivity index (χ2v) is 7.46. The number of hydrogen-bond acceptors (Lipinski definition) is 3. The molecule has 0 heterocycles. The summed E-state index contributed by atoms with van der Waals surface area (Å²) < 4.78 is 6.11. The number of nitrogens with one attached hydrogen (secondary N) is 1. The van der Waals surface area contributed by atoms with Crippen molar-refractivity contribution in [2.45, 2.75) is 39.2 Å². The topological polar surface area (TPSA) is 38.3 Å². The van der Waals surface area contributed by atoms with E-state index < -0.39 is 5.54 Å². The van der Waals surface area contributed by atoms with Gasteiger partial charge in [0.2, 0.25) is 0 Å². The zero-order valence-corrected chi connectivity index (χ0v) is 14.1. The molecule has 1 aromatic rings. The van der Waals surface area contributed by atoms with Crippen LogP contribution in [0.4, 0.5) is 5.69 Å². The number of ether oxygens (including phenoxy) is 1. The van der Waals surface area contributed by atoms with Gasteiger partial charge in [0.25, 0.3) is 0 Å². The first-order chi connectivity index (χ1) is 9.29. The highest BCUT2D eigenvalue weighted by molar-refractivity contribution is 9.10. The van der Waals surface area contributed by atoms with Gasteiger partial charge < -0.3 is 10.1 Å². The van der Waals surface area contributed by atoms with E-state index in [1.807, 2.05) is 24.3 Å². The molecule has 3 nitrogen and oxygen atoms in total. The van der Waals surface area contributed by atoms with E-state index in [2.05, 4.69) is 42.0 Å². The van der Waals surface area contributed by atoms with E-state index >= 15 is 0 Å². The van der Waals surface area contributed by atoms with Crippen LogP contribution in [0.25, 0.3) is 0 Å². The first kappa shape index (κ1) is 15.4. The molecule has 0 radical (unpaired) electrons. The van der Waals surface area contributed by atoms with Crippen LogP contribution in [0.2, 0.25) is 0 Å². The van der Waals surface area contributed by atoms with Crippen LogP contribution >= 0.6 is 15.9 Å². The summed E-state index contributed by atoms with van der Waals surface area (Å²) in [6.07, 6.45) is 1.79. The van der Waals surface area contributed by atoms with Crippen molar-refractivity contribution in [1.29, 1.82) is 0 Å². The average Bonchev–Trinajstić information content (AvgIpc) is 2.61. The molecule has 1 aromatic carbocycles. The molecule has 0 aliphatic heterocycles. The smallest absolute Gasteiger partial charge is 0.331 e. The normalized spacial score (nSPS) is 28.1. The highest BCUT2D eigenvalue weighted by Gasteiger charge is 2.54. The van der Waals surface area contributed by atoms with Crippen LogP contribution < -0.4 is 5.32 Å². The first-order valence-corrected chi connectivity index (χ1v) is 7.70. The van der Waals surface area contributed by atoms with Crippen molar-refractivity contribution in [3.8, 4) is 0 Å². The molecule has 0 spiro atoms. The van der Waals surface area contributed by atoms with E-state index in [9.17, 15) is 4.79 Å². The van der Waals surface area contributed by atoms with Gasteiger partial charge in [0.15, 0.2) is 0 Å². The number of esters is 1. The van der Waals surface area contributed by atoms with Gasteiger partial charge in [-0.1, -0.05) is 36.7 Å². The third kappa shape index (κ3) is 2.85. The monoisotopic (exact) mass is 339 g/mol. The lowest BCUT2D eigenvalue weighted by Crippen LogP contribution is -2.49. The van der Waals surface area contributed by atoms with Crippen LogP contribution in [0.5, 0.6) is 0 Å². The van der Waals surface area contributed by atoms with Gasteiger partial charge in [0.05, 0.1) is 7.11 Å². The second kappa shape index (κ2) is 5.40. The molecule has 2 rings (SSSR count). The Morgan fingerprint density at radius 3 is 2.40 bits per heavy atom. The maximum atomic E-state index is 12.4. The maximum absolute atomic E-state index is 12.4. The van der Waals surface area contributed by atoms with E-state index in [0.29, 0.717) is 0 Å². The Balaban J connectivity index is 2.34. The Bertz CT molecular complexity index is 498. The van der Waals surface area contributed by atoms with Gasteiger partial charge in [0, 0.05) is 10.2 Å². The van der Waals surface area contributed by atoms with Gasteiger partial charge in [-0.2, -0.15) is 0 Å². The van der Waals surface area contributed by atoms with Crippen LogP contribution in [0.15, 0.2) is 28.7 Å². The SMILES string of the molecule is COC(=O)C1(Nc2ccc(Br)cc2)CC(C)(C)CC1C. The quantitative estimate of drug-likeness (QED) is 0.837. The number of anilines is 1. The van der Waals surface area contributed by atoms with E-state index in [1.165, 1.54) is 7.11 Å². The number of halogens is 1. The lowest BCUT2D eigenvalue weighted by Gasteiger charge is -2.33. The zero-order chi connectivity index (χ0) is 15.0. The van der Waals surface area contributed by atoms with Gasteiger partial charge in [-0.3, -0.25) is 0 Å². The zero-order valence-electron chi connectivity index (χ0n) is 12.5. The summed E-state index contributed by atoms with van der Waals surface area (Å²) in [7, 11) is 1.46. The lowest BCUT2D eigenvalue weighted by molar-refractivity contribution is -0.147. The Morgan fingerprint density at radius 1 is 1.35 bits per heavy atom. The molecule has 1 aliphatic carbocycles. The molecule has 20 heavy (non-hydrogen) atoms. The van der Waals surface area contributed by atoms with Crippen molar-refractivity contribution in [3.05, 3.63) is 28.7 Å². The fourth-order valence-corrected chi connectivity index (χ4v) is 3.73. The van der Waals surface area contributed by atoms with Gasteiger partial charge >= 0.3 is 5.97 Å². The molecular formula is C16H22BrNO2. The predicted octanol–water partition coefficient (Wildman–Crippen LogP) is 4.23. The fraction of sp³-hybridized carbons (Fsp3) is 0.562. The standard InChI is InChI=1S/C16H22BrNO2/c1-11-9-15(2,3)10-16(11,14(19)20-4)18-13-7-5-12(17)6-8-13/h5-8,11,18H,9-10H2,1-4H3. The fourth-order valence-electron chi connectivity index (χ4n) is 3.47. The van der Waals surface area contributed by atoms with Crippen molar-refractivity contribution in [2.75, 3.05) is 12.4 Å². The summed E-state index contributed by atoms with van der Waals surface area (Å²) in [5.41, 5.74) is 0.449. The third-order valence-electron chi connectivity index (χ3n) is 4.22. The summed E-state index contributed by atoms with van der Waals surface area (Å²) in [6, 6.07) is 7.90. The largest absolute Gasteiger partial charge is 0.467 e. The van der Waals surface area contributed by atoms with Gasteiger partial charge in [-0.25, -0.2) is 4.79 Å². The van der Waals surface area contributed by atoms with Crippen molar-refractivity contribution in [3.63, 3.8) is 0 Å². The van der Waals surface area contributed by atoms with Crippen molar-refractivity contribution in [2.24, 2.45) is 11.3 Å². The van der Waals surface area contributed by atoms with Crippen LogP contribution in [-0.2, 0) is 9.53 Å². The molecule has 110 valence electrons. The highest BCUT2D eigenvalue weighted by atomic mass is 79.9. The Labute approximate surface area is 129 Å². The Hall–Kier alpha value is -1.03. The summed E-state index contributed by atoms with van der Waals surface area (Å²) >= 11 is 3.42. The van der Waals surface area contributed by atoms with E-state index in [-0.39, 0.29) is 17.3 Å². The maximum Gasteiger partial charge on any atom is 0.331 e. The summed E-state index contributed by atoms with van der Waals surface area (Å²) in [5.74, 6) is 0.0621. The summed E-state index contributed by atoms with van der Waals surface area (Å²) in [5, 5.41) is 3.44. The molecule has 4 heteroatoms. The highest BCUT2D eigenvalue weighted by Crippen LogP contribution is 2.49. The lowest BCUT2D eigenvalue weighted by atomic mass is 9.86. The number of methoxy groups -OCH3 is 1. The van der Waals surface area contributed by atoms with Gasteiger partial charge in [0.1, 0.15) is 5.54 Å². The second-order valence-electron chi connectivity index (χ2n) is 6.54. The molecule has 1 aliphatic rings. The summed E-state index contributed by atoms with van der Waals surface area (Å²) in [4.78, 5) is 12.4. The summed E-state index contributed by atoms with van der Waals surface area (Å²) in [6.45, 7) is 6.53. The van der Waals surface area contributed by atoms with E-state index in [1.54, 1.807) is 0 Å². The molecule has 1 N–H and O–H groups in total. The minimum atomic E-state index is -0.633. The van der Waals surface area contributed by atoms with E-state index in [4.69, 9.17) is 4.74 Å². The van der Waals surface area contributed by atoms with Gasteiger partial charge in [-0.05, 0) is 48.4 Å². The van der Waals surface area contributed by atoms with Crippen molar-refractivity contribution >= 4 is 27.6 Å². The molecule has 0 aromatic heterocycles. The number of hydrogen-bond donors (Lipinski definition) is 1.